The van der Waals surface area contributed by atoms with E-state index in [2.05, 4.69) is 0 Å². The lowest BCUT2D eigenvalue weighted by atomic mass is 9.83. The van der Waals surface area contributed by atoms with Crippen molar-refractivity contribution in [1.29, 1.82) is 0 Å². The van der Waals surface area contributed by atoms with Crippen LogP contribution in [-0.4, -0.2) is 53.0 Å². The fraction of sp³-hybridized carbons (Fsp3) is 0.348. The number of benzene rings is 2. The first kappa shape index (κ1) is 20.1. The summed E-state index contributed by atoms with van der Waals surface area (Å²) in [4.78, 5) is 40.3. The summed E-state index contributed by atoms with van der Waals surface area (Å²) in [5, 5.41) is 0. The summed E-state index contributed by atoms with van der Waals surface area (Å²) in [5.41, 5.74) is -0.0808. The third kappa shape index (κ3) is 3.79. The van der Waals surface area contributed by atoms with E-state index < -0.39 is 29.5 Å². The average Bonchev–Trinajstić information content (AvgIpc) is 2.99. The highest BCUT2D eigenvalue weighted by molar-refractivity contribution is 6.21. The molecule has 2 aromatic rings. The van der Waals surface area contributed by atoms with Crippen LogP contribution in [0.15, 0.2) is 54.6 Å². The molecule has 156 valence electrons. The van der Waals surface area contributed by atoms with Gasteiger partial charge in [0.1, 0.15) is 12.3 Å². The summed E-state index contributed by atoms with van der Waals surface area (Å²) in [7, 11) is 0. The minimum absolute atomic E-state index is 0.0774. The number of likely N-dealkylation sites (tertiary alicyclic amines) is 1. The molecule has 2 aromatic carbocycles. The monoisotopic (exact) mass is 410 g/mol. The molecule has 6 nitrogen and oxygen atoms in total. The molecule has 4 rings (SSSR count). The number of ether oxygens (including phenoxy) is 1. The Morgan fingerprint density at radius 3 is 2.30 bits per heavy atom. The van der Waals surface area contributed by atoms with Crippen molar-refractivity contribution in [2.75, 3.05) is 19.6 Å². The van der Waals surface area contributed by atoms with E-state index in [9.17, 15) is 14.4 Å². The largest absolute Gasteiger partial charge is 0.445 e. The van der Waals surface area contributed by atoms with Gasteiger partial charge in [-0.3, -0.25) is 14.5 Å². The molecule has 0 radical (unpaired) electrons. The highest BCUT2D eigenvalue weighted by Crippen LogP contribution is 2.34. The molecule has 0 aromatic heterocycles. The number of halogens is 1. The fourth-order valence-electron chi connectivity index (χ4n) is 3.96. The van der Waals surface area contributed by atoms with Gasteiger partial charge in [0.25, 0.3) is 11.8 Å². The number of imide groups is 1. The third-order valence-corrected chi connectivity index (χ3v) is 5.91. The van der Waals surface area contributed by atoms with Gasteiger partial charge in [-0.15, -0.1) is 0 Å². The van der Waals surface area contributed by atoms with Crippen LogP contribution >= 0.6 is 0 Å². The topological polar surface area (TPSA) is 66.9 Å². The molecule has 30 heavy (non-hydrogen) atoms. The van der Waals surface area contributed by atoms with Crippen LogP contribution < -0.4 is 0 Å². The number of fused-ring (bicyclic) bond motifs is 1. The minimum atomic E-state index is -1.61. The number of amides is 3. The molecule has 3 amide bonds. The predicted octanol–water partition coefficient (Wildman–Crippen LogP) is 3.67. The molecular weight excluding hydrogens is 387 g/mol. The van der Waals surface area contributed by atoms with Crippen LogP contribution in [0.2, 0.25) is 0 Å². The standard InChI is InChI=1S/C23H23FN2O4/c1-23(24)11-12-25(22(29)30-15-16-7-3-2-4-8-16)13-17(23)14-26-20(27)18-9-5-6-10-19(18)21(26)28/h2-10,17H,11-15H2,1H3. The highest BCUT2D eigenvalue weighted by atomic mass is 19.1. The molecule has 0 aliphatic carbocycles. The van der Waals surface area contributed by atoms with Crippen LogP contribution in [0.4, 0.5) is 9.18 Å². The lowest BCUT2D eigenvalue weighted by molar-refractivity contribution is -0.00420. The highest BCUT2D eigenvalue weighted by Gasteiger charge is 2.45. The first-order valence-corrected chi connectivity index (χ1v) is 9.96. The zero-order valence-corrected chi connectivity index (χ0v) is 16.7. The number of hydrogen-bond donors (Lipinski definition) is 0. The summed E-state index contributed by atoms with van der Waals surface area (Å²) in [6.45, 7) is 1.81. The lowest BCUT2D eigenvalue weighted by Crippen LogP contribution is -2.54. The van der Waals surface area contributed by atoms with E-state index >= 15 is 4.39 Å². The summed E-state index contributed by atoms with van der Waals surface area (Å²) < 4.78 is 20.6. The van der Waals surface area contributed by atoms with Gasteiger partial charge in [0.2, 0.25) is 0 Å². The van der Waals surface area contributed by atoms with E-state index in [1.54, 1.807) is 24.3 Å². The van der Waals surface area contributed by atoms with Crippen LogP contribution in [-0.2, 0) is 11.3 Å². The Balaban J connectivity index is 1.43. The number of hydrogen-bond acceptors (Lipinski definition) is 4. The van der Waals surface area contributed by atoms with Crippen LogP contribution in [0.1, 0.15) is 39.6 Å². The van der Waals surface area contributed by atoms with Crippen LogP contribution in [0.5, 0.6) is 0 Å². The first-order valence-electron chi connectivity index (χ1n) is 9.96. The number of carbonyl (C=O) groups excluding carboxylic acids is 3. The summed E-state index contributed by atoms with van der Waals surface area (Å²) >= 11 is 0. The van der Waals surface area contributed by atoms with Gasteiger partial charge in [0, 0.05) is 25.6 Å². The molecule has 1 fully saturated rings. The van der Waals surface area contributed by atoms with E-state index in [-0.39, 0.29) is 32.7 Å². The quantitative estimate of drug-likeness (QED) is 0.722. The van der Waals surface area contributed by atoms with Gasteiger partial charge >= 0.3 is 6.09 Å². The molecular formula is C23H23FN2O4. The summed E-state index contributed by atoms with van der Waals surface area (Å²) in [6.07, 6.45) is -0.414. The van der Waals surface area contributed by atoms with Gasteiger partial charge in [-0.2, -0.15) is 0 Å². The van der Waals surface area contributed by atoms with Crippen molar-refractivity contribution in [3.8, 4) is 0 Å². The predicted molar refractivity (Wildman–Crippen MR) is 108 cm³/mol. The zero-order valence-electron chi connectivity index (χ0n) is 16.7. The molecule has 0 spiro atoms. The molecule has 0 saturated carbocycles. The number of piperidine rings is 1. The van der Waals surface area contributed by atoms with E-state index in [0.29, 0.717) is 11.1 Å². The van der Waals surface area contributed by atoms with E-state index in [0.717, 1.165) is 10.5 Å². The smallest absolute Gasteiger partial charge is 0.410 e. The van der Waals surface area contributed by atoms with Crippen molar-refractivity contribution in [2.45, 2.75) is 25.6 Å². The van der Waals surface area contributed by atoms with Crippen molar-refractivity contribution in [3.63, 3.8) is 0 Å². The Hall–Kier alpha value is -3.22. The Morgan fingerprint density at radius 1 is 1.07 bits per heavy atom. The molecule has 7 heteroatoms. The van der Waals surface area contributed by atoms with E-state index in [1.165, 1.54) is 11.8 Å². The normalized spacial score (nSPS) is 23.5. The summed E-state index contributed by atoms with van der Waals surface area (Å²) in [5.74, 6) is -1.54. The van der Waals surface area contributed by atoms with Gasteiger partial charge in [0.15, 0.2) is 0 Å². The van der Waals surface area contributed by atoms with Crippen molar-refractivity contribution < 1.29 is 23.5 Å². The van der Waals surface area contributed by atoms with Crippen LogP contribution in [0.3, 0.4) is 0 Å². The van der Waals surface area contributed by atoms with Gasteiger partial charge < -0.3 is 9.64 Å². The molecule has 2 aliphatic rings. The number of nitrogens with zero attached hydrogens (tertiary/aromatic N) is 2. The maximum Gasteiger partial charge on any atom is 0.410 e. The fourth-order valence-corrected chi connectivity index (χ4v) is 3.96. The van der Waals surface area contributed by atoms with Gasteiger partial charge in [-0.25, -0.2) is 9.18 Å². The molecule has 2 aliphatic heterocycles. The second-order valence-corrected chi connectivity index (χ2v) is 7.98. The zero-order chi connectivity index (χ0) is 21.3. The van der Waals surface area contributed by atoms with Gasteiger partial charge in [-0.1, -0.05) is 42.5 Å². The Kier molecular flexibility index (Phi) is 5.28. The first-order chi connectivity index (χ1) is 14.4. The van der Waals surface area contributed by atoms with Gasteiger partial charge in [-0.05, 0) is 31.0 Å². The molecule has 2 unspecified atom stereocenters. The van der Waals surface area contributed by atoms with E-state index in [1.807, 2.05) is 30.3 Å². The SMILES string of the molecule is CC1(F)CCN(C(=O)OCc2ccccc2)CC1CN1C(=O)c2ccccc2C1=O. The molecule has 2 heterocycles. The second kappa shape index (κ2) is 7.89. The number of alkyl halides is 1. The van der Waals surface area contributed by atoms with Crippen LogP contribution in [0, 0.1) is 5.92 Å². The van der Waals surface area contributed by atoms with Crippen LogP contribution in [0.25, 0.3) is 0 Å². The molecule has 1 saturated heterocycles. The lowest BCUT2D eigenvalue weighted by Gasteiger charge is -2.41. The number of carbonyl (C=O) groups is 3. The second-order valence-electron chi connectivity index (χ2n) is 7.98. The Bertz CT molecular complexity index is 941. The van der Waals surface area contributed by atoms with Crippen molar-refractivity contribution in [3.05, 3.63) is 71.3 Å². The minimum Gasteiger partial charge on any atom is -0.445 e. The molecule has 0 bridgehead atoms. The maximum atomic E-state index is 15.2. The summed E-state index contributed by atoms with van der Waals surface area (Å²) in [6, 6.07) is 15.9. The number of rotatable bonds is 4. The van der Waals surface area contributed by atoms with E-state index in [4.69, 9.17) is 4.74 Å². The average molecular weight is 410 g/mol. The van der Waals surface area contributed by atoms with Gasteiger partial charge in [0.05, 0.1) is 11.1 Å². The Morgan fingerprint density at radius 2 is 1.67 bits per heavy atom. The van der Waals surface area contributed by atoms with Crippen molar-refractivity contribution in [1.82, 2.24) is 9.80 Å². The van der Waals surface area contributed by atoms with Crippen molar-refractivity contribution in [2.24, 2.45) is 5.92 Å². The maximum absolute atomic E-state index is 15.2. The Labute approximate surface area is 174 Å². The molecule has 2 atom stereocenters. The van der Waals surface area contributed by atoms with Crippen molar-refractivity contribution >= 4 is 17.9 Å². The molecule has 0 N–H and O–H groups in total. The third-order valence-electron chi connectivity index (χ3n) is 5.91.